The number of hydrogen-bond acceptors (Lipinski definition) is 6. The second-order valence-electron chi connectivity index (χ2n) is 8.48. The van der Waals surface area contributed by atoms with E-state index in [0.29, 0.717) is 17.8 Å². The number of rotatable bonds is 6. The Morgan fingerprint density at radius 3 is 2.69 bits per heavy atom. The molecule has 1 aliphatic rings. The molecule has 3 N–H and O–H groups in total. The van der Waals surface area contributed by atoms with Crippen molar-refractivity contribution in [1.82, 2.24) is 15.3 Å². The number of amides is 1. The van der Waals surface area contributed by atoms with E-state index in [0.717, 1.165) is 54.6 Å². The fraction of sp³-hybridized carbons (Fsp3) is 0.400. The summed E-state index contributed by atoms with van der Waals surface area (Å²) in [7, 11) is 0. The van der Waals surface area contributed by atoms with Gasteiger partial charge in [0, 0.05) is 25.9 Å². The average Bonchev–Trinajstić information content (AvgIpc) is 2.79. The molecule has 1 fully saturated rings. The van der Waals surface area contributed by atoms with E-state index in [9.17, 15) is 15.0 Å². The summed E-state index contributed by atoms with van der Waals surface area (Å²) in [6.45, 7) is 5.44. The lowest BCUT2D eigenvalue weighted by atomic mass is 10.0. The summed E-state index contributed by atoms with van der Waals surface area (Å²) in [6.07, 6.45) is 1.86. The molecule has 1 unspecified atom stereocenters. The van der Waals surface area contributed by atoms with Gasteiger partial charge in [-0.3, -0.25) is 4.79 Å². The minimum absolute atomic E-state index is 0. The number of fused-ring (bicyclic) bond motifs is 1. The summed E-state index contributed by atoms with van der Waals surface area (Å²) in [6, 6.07) is 13.3. The van der Waals surface area contributed by atoms with Crippen LogP contribution in [0.1, 0.15) is 39.6 Å². The first-order chi connectivity index (χ1) is 15.5. The van der Waals surface area contributed by atoms with Crippen molar-refractivity contribution in [2.24, 2.45) is 0 Å². The number of para-hydroxylation sites is 1. The Hall–Kier alpha value is -3.19. The molecular formula is C25H32N4O3. The summed E-state index contributed by atoms with van der Waals surface area (Å²) in [5.41, 5.74) is 2.55. The molecule has 7 nitrogen and oxygen atoms in total. The van der Waals surface area contributed by atoms with Crippen LogP contribution in [0, 0.1) is 6.92 Å². The standard InChI is InChI=1S/C25H30N4O3.H2/c1-3-6-22(31)25(32)26-17-11-13-29(14-12-17)24-18-10-9-16(2)15-20(18)27-23(28-24)19-7-4-5-8-21(19)30;/h4-5,7-10,15,17,22,30-31H,3,6,11-14H2,1-2H3,(H,26,32);1H. The van der Waals surface area contributed by atoms with Gasteiger partial charge in [0.05, 0.1) is 11.1 Å². The number of aliphatic hydroxyl groups excluding tert-OH is 1. The first-order valence-corrected chi connectivity index (χ1v) is 11.3. The number of carbonyl (C=O) groups excluding carboxylic acids is 1. The van der Waals surface area contributed by atoms with Gasteiger partial charge >= 0.3 is 0 Å². The van der Waals surface area contributed by atoms with Gasteiger partial charge in [-0.1, -0.05) is 31.5 Å². The molecule has 4 rings (SSSR count). The Kier molecular flexibility index (Phi) is 6.55. The molecule has 0 aliphatic carbocycles. The Morgan fingerprint density at radius 2 is 1.97 bits per heavy atom. The van der Waals surface area contributed by atoms with Crippen LogP contribution in [0.2, 0.25) is 0 Å². The zero-order valence-electron chi connectivity index (χ0n) is 18.6. The molecule has 7 heteroatoms. The monoisotopic (exact) mass is 436 g/mol. The number of nitrogens with zero attached hydrogens (tertiary/aromatic N) is 3. The molecule has 170 valence electrons. The topological polar surface area (TPSA) is 98.6 Å². The number of aromatic nitrogens is 2. The van der Waals surface area contributed by atoms with Gasteiger partial charge in [-0.15, -0.1) is 0 Å². The van der Waals surface area contributed by atoms with Crippen LogP contribution in [-0.2, 0) is 4.79 Å². The summed E-state index contributed by atoms with van der Waals surface area (Å²) in [4.78, 5) is 24.0. The second kappa shape index (κ2) is 9.53. The quantitative estimate of drug-likeness (QED) is 0.544. The van der Waals surface area contributed by atoms with Gasteiger partial charge in [-0.05, 0) is 56.0 Å². The summed E-state index contributed by atoms with van der Waals surface area (Å²) >= 11 is 0. The van der Waals surface area contributed by atoms with E-state index in [1.54, 1.807) is 12.1 Å². The highest BCUT2D eigenvalue weighted by Gasteiger charge is 2.25. The Labute approximate surface area is 189 Å². The Bertz CT molecular complexity index is 1120. The van der Waals surface area contributed by atoms with Crippen LogP contribution in [0.5, 0.6) is 5.75 Å². The molecule has 3 aromatic rings. The third-order valence-electron chi connectivity index (χ3n) is 5.98. The Balaban J connectivity index is 0.00000306. The third kappa shape index (κ3) is 4.67. The van der Waals surface area contributed by atoms with Crippen LogP contribution in [0.4, 0.5) is 5.82 Å². The lowest BCUT2D eigenvalue weighted by molar-refractivity contribution is -0.130. The Morgan fingerprint density at radius 1 is 1.22 bits per heavy atom. The third-order valence-corrected chi connectivity index (χ3v) is 5.98. The number of piperidine rings is 1. The maximum Gasteiger partial charge on any atom is 0.249 e. The van der Waals surface area contributed by atoms with Crippen LogP contribution < -0.4 is 10.2 Å². The van der Waals surface area contributed by atoms with E-state index in [4.69, 9.17) is 9.97 Å². The van der Waals surface area contributed by atoms with Crippen LogP contribution in [0.15, 0.2) is 42.5 Å². The number of anilines is 1. The number of aromatic hydroxyl groups is 1. The van der Waals surface area contributed by atoms with Crippen molar-refractivity contribution in [1.29, 1.82) is 0 Å². The van der Waals surface area contributed by atoms with E-state index in [1.165, 1.54) is 0 Å². The molecule has 0 saturated carbocycles. The molecule has 0 radical (unpaired) electrons. The molecule has 0 spiro atoms. The number of aryl methyl sites for hydroxylation is 1. The van der Waals surface area contributed by atoms with Crippen molar-refractivity contribution in [3.63, 3.8) is 0 Å². The van der Waals surface area contributed by atoms with Gasteiger partial charge in [0.1, 0.15) is 17.7 Å². The number of aliphatic hydroxyl groups is 1. The van der Waals surface area contributed by atoms with Gasteiger partial charge in [0.25, 0.3) is 0 Å². The van der Waals surface area contributed by atoms with E-state index in [2.05, 4.69) is 16.3 Å². The molecule has 1 amide bonds. The van der Waals surface area contributed by atoms with Crippen LogP contribution in [-0.4, -0.2) is 51.3 Å². The zero-order chi connectivity index (χ0) is 22.7. The molecule has 1 saturated heterocycles. The predicted molar refractivity (Wildman–Crippen MR) is 128 cm³/mol. The number of hydrogen-bond donors (Lipinski definition) is 3. The smallest absolute Gasteiger partial charge is 0.249 e. The fourth-order valence-electron chi connectivity index (χ4n) is 4.18. The number of carbonyl (C=O) groups is 1. The van der Waals surface area contributed by atoms with Crippen molar-refractivity contribution in [2.45, 2.75) is 51.7 Å². The second-order valence-corrected chi connectivity index (χ2v) is 8.48. The maximum absolute atomic E-state index is 12.2. The summed E-state index contributed by atoms with van der Waals surface area (Å²) < 4.78 is 0. The fourth-order valence-corrected chi connectivity index (χ4v) is 4.18. The largest absolute Gasteiger partial charge is 0.507 e. The molecule has 1 aromatic heterocycles. The first kappa shape index (κ1) is 22.0. The van der Waals surface area contributed by atoms with Crippen LogP contribution in [0.3, 0.4) is 0 Å². The SMILES string of the molecule is CCCC(O)C(=O)NC1CCN(c2nc(-c3ccccc3O)nc3cc(C)ccc23)CC1.[HH]. The highest BCUT2D eigenvalue weighted by atomic mass is 16.3. The predicted octanol–water partition coefficient (Wildman–Crippen LogP) is 3.80. The summed E-state index contributed by atoms with van der Waals surface area (Å²) in [5, 5.41) is 24.2. The maximum atomic E-state index is 12.2. The molecule has 1 atom stereocenters. The molecule has 32 heavy (non-hydrogen) atoms. The molecule has 1 aliphatic heterocycles. The minimum atomic E-state index is -0.937. The van der Waals surface area contributed by atoms with Gasteiger partial charge < -0.3 is 20.4 Å². The lowest BCUT2D eigenvalue weighted by Gasteiger charge is -2.34. The summed E-state index contributed by atoms with van der Waals surface area (Å²) in [5.74, 6) is 1.20. The van der Waals surface area contributed by atoms with Gasteiger partial charge in [-0.25, -0.2) is 9.97 Å². The molecular weight excluding hydrogens is 404 g/mol. The van der Waals surface area contributed by atoms with E-state index in [-0.39, 0.29) is 19.1 Å². The van der Waals surface area contributed by atoms with Gasteiger partial charge in [0.2, 0.25) is 5.91 Å². The normalized spacial score (nSPS) is 15.7. The number of phenols is 1. The van der Waals surface area contributed by atoms with Crippen molar-refractivity contribution in [3.05, 3.63) is 48.0 Å². The minimum Gasteiger partial charge on any atom is -0.507 e. The van der Waals surface area contributed by atoms with E-state index < -0.39 is 6.10 Å². The highest BCUT2D eigenvalue weighted by molar-refractivity contribution is 5.92. The van der Waals surface area contributed by atoms with Crippen molar-refractivity contribution >= 4 is 22.6 Å². The highest BCUT2D eigenvalue weighted by Crippen LogP contribution is 2.33. The lowest BCUT2D eigenvalue weighted by Crippen LogP contribution is -2.47. The number of phenolic OH excluding ortho intramolecular Hbond substituents is 1. The van der Waals surface area contributed by atoms with E-state index >= 15 is 0 Å². The average molecular weight is 437 g/mol. The van der Waals surface area contributed by atoms with Gasteiger partial charge in [-0.2, -0.15) is 0 Å². The van der Waals surface area contributed by atoms with Crippen LogP contribution >= 0.6 is 0 Å². The first-order valence-electron chi connectivity index (χ1n) is 11.3. The number of benzene rings is 2. The van der Waals surface area contributed by atoms with Crippen LogP contribution in [0.25, 0.3) is 22.3 Å². The van der Waals surface area contributed by atoms with Gasteiger partial charge in [0.15, 0.2) is 5.82 Å². The van der Waals surface area contributed by atoms with Crippen molar-refractivity contribution in [3.8, 4) is 17.1 Å². The van der Waals surface area contributed by atoms with Crippen molar-refractivity contribution in [2.75, 3.05) is 18.0 Å². The zero-order valence-corrected chi connectivity index (χ0v) is 18.6. The molecule has 2 heterocycles. The molecule has 2 aromatic carbocycles. The number of nitrogens with one attached hydrogen (secondary N) is 1. The molecule has 0 bridgehead atoms. The van der Waals surface area contributed by atoms with E-state index in [1.807, 2.05) is 38.1 Å². The van der Waals surface area contributed by atoms with Crippen molar-refractivity contribution < 1.29 is 16.4 Å².